The van der Waals surface area contributed by atoms with Crippen LogP contribution in [0.25, 0.3) is 0 Å². The van der Waals surface area contributed by atoms with Crippen molar-refractivity contribution in [2.24, 2.45) is 20.5 Å². The lowest BCUT2D eigenvalue weighted by molar-refractivity contribution is -0.144. The Hall–Kier alpha value is -3.48. The third-order valence-corrected chi connectivity index (χ3v) is 5.37. The first-order valence-electron chi connectivity index (χ1n) is 9.05. The number of primary sulfonamides is 1. The second-order valence-electron chi connectivity index (χ2n) is 6.68. The number of hydrazone groups is 1. The number of carbonyl (C=O) groups is 3. The second kappa shape index (κ2) is 9.34. The molecule has 1 unspecified atom stereocenters. The van der Waals surface area contributed by atoms with Crippen molar-refractivity contribution in [2.45, 2.75) is 24.3 Å². The van der Waals surface area contributed by atoms with Crippen LogP contribution in [0.4, 0.5) is 11.4 Å². The Bertz CT molecular complexity index is 1240. The molecule has 1 heterocycles. The molecule has 0 aliphatic carbocycles. The summed E-state index contributed by atoms with van der Waals surface area (Å²) in [7, 11) is -3.85. The minimum absolute atomic E-state index is 0.0982. The van der Waals surface area contributed by atoms with Gasteiger partial charge in [0.15, 0.2) is 6.04 Å². The number of nitrogens with two attached hydrogens (primary N) is 1. The van der Waals surface area contributed by atoms with Gasteiger partial charge in [-0.3, -0.25) is 14.4 Å². The summed E-state index contributed by atoms with van der Waals surface area (Å²) >= 11 is 5.85. The molecule has 0 fully saturated rings. The van der Waals surface area contributed by atoms with Crippen molar-refractivity contribution in [3.05, 3.63) is 53.6 Å². The number of azo groups is 1. The van der Waals surface area contributed by atoms with E-state index >= 15 is 0 Å². The molecule has 32 heavy (non-hydrogen) atoms. The molecule has 3 N–H and O–H groups in total. The first-order valence-corrected chi connectivity index (χ1v) is 11.0. The Morgan fingerprint density at radius 2 is 1.91 bits per heavy atom. The van der Waals surface area contributed by atoms with E-state index in [4.69, 9.17) is 16.7 Å². The number of amides is 3. The number of anilines is 1. The molecule has 13 heteroatoms. The quantitative estimate of drug-likeness (QED) is 0.481. The van der Waals surface area contributed by atoms with Gasteiger partial charge < -0.3 is 5.32 Å². The van der Waals surface area contributed by atoms with Gasteiger partial charge in [-0.05, 0) is 49.4 Å². The molecule has 1 atom stereocenters. The maximum Gasteiger partial charge on any atom is 0.282 e. The highest BCUT2D eigenvalue weighted by molar-refractivity contribution is 7.89. The van der Waals surface area contributed by atoms with Gasteiger partial charge in [0.25, 0.3) is 11.8 Å². The monoisotopic (exact) mass is 476 g/mol. The molecule has 2 aromatic carbocycles. The van der Waals surface area contributed by atoms with Crippen LogP contribution in [0.2, 0.25) is 5.02 Å². The summed E-state index contributed by atoms with van der Waals surface area (Å²) in [5, 5.41) is 20.2. The number of carbonyl (C=O) groups excluding carboxylic acids is 3. The molecule has 0 spiro atoms. The lowest BCUT2D eigenvalue weighted by Crippen LogP contribution is -2.36. The van der Waals surface area contributed by atoms with Crippen molar-refractivity contribution in [2.75, 3.05) is 5.32 Å². The van der Waals surface area contributed by atoms with Crippen LogP contribution in [0.3, 0.4) is 0 Å². The number of imide groups is 1. The standard InChI is InChI=1S/C19H17ClN6O5S/c1-11-18(24-23-13-5-7-15(8-6-13)32(21,30)31)19(29)26(25-11)17(28)10-16(27)22-14-4-2-3-12(20)9-14/h2-9,18H,10H2,1H3,(H,22,27)(H2,21,30,31). The van der Waals surface area contributed by atoms with Crippen molar-refractivity contribution in [3.63, 3.8) is 0 Å². The summed E-state index contributed by atoms with van der Waals surface area (Å²) in [5.41, 5.74) is 0.884. The van der Waals surface area contributed by atoms with Crippen LogP contribution in [0.1, 0.15) is 13.3 Å². The predicted octanol–water partition coefficient (Wildman–Crippen LogP) is 2.21. The minimum atomic E-state index is -3.85. The minimum Gasteiger partial charge on any atom is -0.326 e. The molecule has 166 valence electrons. The van der Waals surface area contributed by atoms with Crippen molar-refractivity contribution in [1.29, 1.82) is 0 Å². The molecular formula is C19H17ClN6O5S. The van der Waals surface area contributed by atoms with E-state index in [0.717, 1.165) is 0 Å². The van der Waals surface area contributed by atoms with E-state index < -0.39 is 40.2 Å². The molecule has 1 aliphatic heterocycles. The maximum atomic E-state index is 12.5. The largest absolute Gasteiger partial charge is 0.326 e. The van der Waals surface area contributed by atoms with E-state index in [1.54, 1.807) is 18.2 Å². The van der Waals surface area contributed by atoms with E-state index in [1.807, 2.05) is 0 Å². The highest BCUT2D eigenvalue weighted by atomic mass is 35.5. The van der Waals surface area contributed by atoms with E-state index in [2.05, 4.69) is 20.6 Å². The maximum absolute atomic E-state index is 12.5. The number of rotatable bonds is 6. The smallest absolute Gasteiger partial charge is 0.282 e. The number of nitrogens with one attached hydrogen (secondary N) is 1. The van der Waals surface area contributed by atoms with Gasteiger partial charge in [-0.2, -0.15) is 20.3 Å². The van der Waals surface area contributed by atoms with Crippen LogP contribution in [0.15, 0.2) is 68.8 Å². The average Bonchev–Trinajstić information content (AvgIpc) is 2.99. The predicted molar refractivity (Wildman–Crippen MR) is 116 cm³/mol. The van der Waals surface area contributed by atoms with E-state index in [9.17, 15) is 22.8 Å². The summed E-state index contributed by atoms with van der Waals surface area (Å²) in [4.78, 5) is 36.9. The van der Waals surface area contributed by atoms with Crippen molar-refractivity contribution in [1.82, 2.24) is 5.01 Å². The third-order valence-electron chi connectivity index (χ3n) is 4.21. The van der Waals surface area contributed by atoms with Crippen LogP contribution < -0.4 is 10.5 Å². The van der Waals surface area contributed by atoms with Gasteiger partial charge in [-0.1, -0.05) is 17.7 Å². The number of hydrogen-bond donors (Lipinski definition) is 2. The molecule has 11 nitrogen and oxygen atoms in total. The van der Waals surface area contributed by atoms with Crippen LogP contribution in [0, 0.1) is 0 Å². The van der Waals surface area contributed by atoms with Crippen LogP contribution in [-0.2, 0) is 24.4 Å². The zero-order valence-corrected chi connectivity index (χ0v) is 18.2. The van der Waals surface area contributed by atoms with E-state index in [0.29, 0.717) is 15.7 Å². The van der Waals surface area contributed by atoms with E-state index in [1.165, 1.54) is 37.3 Å². The molecule has 1 aliphatic rings. The van der Waals surface area contributed by atoms with Gasteiger partial charge >= 0.3 is 0 Å². The average molecular weight is 477 g/mol. The normalized spacial score (nSPS) is 16.3. The van der Waals surface area contributed by atoms with Crippen LogP contribution in [0.5, 0.6) is 0 Å². The Kier molecular flexibility index (Phi) is 6.77. The van der Waals surface area contributed by atoms with Crippen molar-refractivity contribution < 1.29 is 22.8 Å². The van der Waals surface area contributed by atoms with Gasteiger partial charge in [-0.25, -0.2) is 13.6 Å². The topological polar surface area (TPSA) is 164 Å². The highest BCUT2D eigenvalue weighted by Gasteiger charge is 2.38. The third kappa shape index (κ3) is 5.60. The highest BCUT2D eigenvalue weighted by Crippen LogP contribution is 2.20. The van der Waals surface area contributed by atoms with Gasteiger partial charge in [0.05, 0.1) is 16.3 Å². The molecule has 0 radical (unpaired) electrons. The number of sulfonamides is 1. The molecule has 0 saturated heterocycles. The molecule has 0 aromatic heterocycles. The lowest BCUT2D eigenvalue weighted by Gasteiger charge is -2.11. The van der Waals surface area contributed by atoms with Crippen LogP contribution in [-0.4, -0.2) is 42.9 Å². The molecule has 3 rings (SSSR count). The van der Waals surface area contributed by atoms with Crippen molar-refractivity contribution >= 4 is 56.4 Å². The summed E-state index contributed by atoms with van der Waals surface area (Å²) < 4.78 is 22.6. The Morgan fingerprint density at radius 3 is 2.53 bits per heavy atom. The summed E-state index contributed by atoms with van der Waals surface area (Å²) in [6.07, 6.45) is -0.617. The zero-order chi connectivity index (χ0) is 23.5. The molecule has 3 amide bonds. The Balaban J connectivity index is 1.63. The number of hydrogen-bond acceptors (Lipinski definition) is 8. The number of halogens is 1. The number of nitrogens with zero attached hydrogens (tertiary/aromatic N) is 4. The Labute approximate surface area is 188 Å². The van der Waals surface area contributed by atoms with Gasteiger partial charge in [-0.15, -0.1) is 0 Å². The summed E-state index contributed by atoms with van der Waals surface area (Å²) in [6, 6.07) is 10.4. The fourth-order valence-corrected chi connectivity index (χ4v) is 3.38. The first kappa shape index (κ1) is 23.2. The van der Waals surface area contributed by atoms with Crippen molar-refractivity contribution in [3.8, 4) is 0 Å². The zero-order valence-electron chi connectivity index (χ0n) is 16.6. The SMILES string of the molecule is CC1=NN(C(=O)CC(=O)Nc2cccc(Cl)c2)C(=O)C1N=Nc1ccc(S(N)(=O)=O)cc1. The summed E-state index contributed by atoms with van der Waals surface area (Å²) in [6.45, 7) is 1.49. The van der Waals surface area contributed by atoms with Gasteiger partial charge in [0.1, 0.15) is 6.42 Å². The summed E-state index contributed by atoms with van der Waals surface area (Å²) in [5.74, 6) is -2.23. The molecular weight excluding hydrogens is 460 g/mol. The molecule has 0 saturated carbocycles. The fourth-order valence-electron chi connectivity index (χ4n) is 2.68. The fraction of sp³-hybridized carbons (Fsp3) is 0.158. The van der Waals surface area contributed by atoms with Crippen LogP contribution >= 0.6 is 11.6 Å². The first-order chi connectivity index (χ1) is 15.0. The number of benzene rings is 2. The lowest BCUT2D eigenvalue weighted by atomic mass is 10.2. The van der Waals surface area contributed by atoms with E-state index in [-0.39, 0.29) is 16.3 Å². The second-order valence-corrected chi connectivity index (χ2v) is 8.68. The Morgan fingerprint density at radius 1 is 1.22 bits per heavy atom. The van der Waals surface area contributed by atoms with Gasteiger partial charge in [0, 0.05) is 10.7 Å². The molecule has 0 bridgehead atoms. The van der Waals surface area contributed by atoms with Gasteiger partial charge in [0.2, 0.25) is 15.9 Å². The molecule has 2 aromatic rings.